The smallest absolute Gasteiger partial charge is 0.319 e. The number of cyclic esters (lactones) is 1. The summed E-state index contributed by atoms with van der Waals surface area (Å²) in [6, 6.07) is 0. The summed E-state index contributed by atoms with van der Waals surface area (Å²) < 4.78 is 5.73. The van der Waals surface area contributed by atoms with Crippen molar-refractivity contribution in [3.05, 3.63) is 24.3 Å². The number of ether oxygens (including phenoxy) is 1. The van der Waals surface area contributed by atoms with E-state index in [9.17, 15) is 9.59 Å². The molecule has 0 radical (unpaired) electrons. The van der Waals surface area contributed by atoms with Gasteiger partial charge in [-0.3, -0.25) is 9.59 Å². The number of carbonyl (C=O) groups excluding carboxylic acids is 2. The van der Waals surface area contributed by atoms with Crippen LogP contribution < -0.4 is 0 Å². The number of hydrogen-bond acceptors (Lipinski definition) is 3. The van der Waals surface area contributed by atoms with E-state index < -0.39 is 10.8 Å². The van der Waals surface area contributed by atoms with Crippen LogP contribution in [-0.2, 0) is 14.3 Å². The van der Waals surface area contributed by atoms with Crippen LogP contribution in [0, 0.1) is 16.7 Å². The van der Waals surface area contributed by atoms with E-state index in [4.69, 9.17) is 4.74 Å². The zero-order chi connectivity index (χ0) is 13.7. The molecule has 2 fully saturated rings. The molecular weight excluding hydrogens is 240 g/mol. The summed E-state index contributed by atoms with van der Waals surface area (Å²) >= 11 is 0. The van der Waals surface area contributed by atoms with Gasteiger partial charge in [-0.05, 0) is 26.7 Å². The fourth-order valence-electron chi connectivity index (χ4n) is 3.83. The summed E-state index contributed by atoms with van der Waals surface area (Å²) in [5.41, 5.74) is -1.45. The van der Waals surface area contributed by atoms with Crippen molar-refractivity contribution < 1.29 is 14.3 Å². The fourth-order valence-corrected chi connectivity index (χ4v) is 3.83. The van der Waals surface area contributed by atoms with Crippen LogP contribution in [0.15, 0.2) is 24.3 Å². The maximum Gasteiger partial charge on any atom is 0.319 e. The Kier molecular flexibility index (Phi) is 2.70. The van der Waals surface area contributed by atoms with Gasteiger partial charge in [0.25, 0.3) is 0 Å². The normalized spacial score (nSPS) is 32.2. The number of esters is 1. The fraction of sp³-hybridized carbons (Fsp3) is 0.625. The van der Waals surface area contributed by atoms with Gasteiger partial charge in [0.2, 0.25) is 0 Å². The molecule has 1 atom stereocenters. The van der Waals surface area contributed by atoms with Crippen molar-refractivity contribution in [1.82, 2.24) is 0 Å². The number of Topliss-reactive ketones (excluding diaryl/α,β-unsaturated/α-hetero) is 1. The number of hydrogen-bond donors (Lipinski definition) is 0. The summed E-state index contributed by atoms with van der Waals surface area (Å²) in [7, 11) is 0. The molecule has 0 amide bonds. The highest BCUT2D eigenvalue weighted by Crippen LogP contribution is 2.51. The molecule has 3 aliphatic rings. The van der Waals surface area contributed by atoms with E-state index in [1.807, 2.05) is 38.2 Å². The van der Waals surface area contributed by atoms with Crippen LogP contribution in [0.25, 0.3) is 0 Å². The first kappa shape index (κ1) is 12.6. The zero-order valence-electron chi connectivity index (χ0n) is 11.5. The number of carbonyl (C=O) groups is 2. The molecule has 1 aliphatic heterocycles. The number of allylic oxidation sites excluding steroid dienone is 2. The second kappa shape index (κ2) is 4.06. The van der Waals surface area contributed by atoms with Gasteiger partial charge in [-0.1, -0.05) is 37.1 Å². The minimum atomic E-state index is -0.841. The minimum absolute atomic E-state index is 0.0293. The van der Waals surface area contributed by atoms with Crippen LogP contribution in [0.5, 0.6) is 0 Å². The third-order valence-electron chi connectivity index (χ3n) is 4.94. The Morgan fingerprint density at radius 1 is 1.11 bits per heavy atom. The maximum absolute atomic E-state index is 12.9. The predicted octanol–water partition coefficient (Wildman–Crippen LogP) is 2.81. The van der Waals surface area contributed by atoms with Gasteiger partial charge in [-0.15, -0.1) is 0 Å². The molecular formula is C16H20O3. The zero-order valence-corrected chi connectivity index (χ0v) is 11.5. The van der Waals surface area contributed by atoms with Gasteiger partial charge in [-0.25, -0.2) is 0 Å². The van der Waals surface area contributed by atoms with Crippen LogP contribution in [0.4, 0.5) is 0 Å². The highest BCUT2D eigenvalue weighted by atomic mass is 16.5. The van der Waals surface area contributed by atoms with Crippen molar-refractivity contribution >= 4 is 11.8 Å². The lowest BCUT2D eigenvalue weighted by Crippen LogP contribution is -2.58. The van der Waals surface area contributed by atoms with Crippen LogP contribution >= 0.6 is 0 Å². The van der Waals surface area contributed by atoms with Crippen LogP contribution in [0.1, 0.15) is 39.5 Å². The predicted molar refractivity (Wildman–Crippen MR) is 71.3 cm³/mol. The molecule has 1 spiro atoms. The highest BCUT2D eigenvalue weighted by Gasteiger charge is 2.61. The van der Waals surface area contributed by atoms with E-state index in [-0.39, 0.29) is 23.8 Å². The SMILES string of the molecule is CC1(C)C(=O)C2(CCCC2)C(=O)OC1C1C=CC=C1. The van der Waals surface area contributed by atoms with Crippen LogP contribution in [-0.4, -0.2) is 17.9 Å². The monoisotopic (exact) mass is 260 g/mol. The average molecular weight is 260 g/mol. The molecule has 2 aliphatic carbocycles. The second-order valence-corrected chi connectivity index (χ2v) is 6.51. The summed E-state index contributed by atoms with van der Waals surface area (Å²) in [5, 5.41) is 0. The van der Waals surface area contributed by atoms with Gasteiger partial charge >= 0.3 is 5.97 Å². The van der Waals surface area contributed by atoms with Crippen LogP contribution in [0.3, 0.4) is 0 Å². The van der Waals surface area contributed by atoms with Crippen molar-refractivity contribution in [2.45, 2.75) is 45.6 Å². The van der Waals surface area contributed by atoms with Crippen molar-refractivity contribution in [3.8, 4) is 0 Å². The average Bonchev–Trinajstić information content (AvgIpc) is 3.04. The number of ketones is 1. The topological polar surface area (TPSA) is 43.4 Å². The quantitative estimate of drug-likeness (QED) is 0.538. The van der Waals surface area contributed by atoms with Gasteiger partial charge in [0.1, 0.15) is 11.5 Å². The Bertz CT molecular complexity index is 466. The van der Waals surface area contributed by atoms with Crippen molar-refractivity contribution in [2.24, 2.45) is 16.7 Å². The second-order valence-electron chi connectivity index (χ2n) is 6.51. The first-order valence-corrected chi connectivity index (χ1v) is 7.09. The van der Waals surface area contributed by atoms with E-state index >= 15 is 0 Å². The third-order valence-corrected chi connectivity index (χ3v) is 4.94. The molecule has 1 saturated heterocycles. The molecule has 1 saturated carbocycles. The van der Waals surface area contributed by atoms with Crippen LogP contribution in [0.2, 0.25) is 0 Å². The third kappa shape index (κ3) is 1.63. The molecule has 3 heteroatoms. The van der Waals surface area contributed by atoms with Crippen molar-refractivity contribution in [1.29, 1.82) is 0 Å². The largest absolute Gasteiger partial charge is 0.460 e. The lowest BCUT2D eigenvalue weighted by atomic mass is 9.63. The molecule has 0 bridgehead atoms. The van der Waals surface area contributed by atoms with Gasteiger partial charge in [0, 0.05) is 5.92 Å². The molecule has 0 N–H and O–H groups in total. The molecule has 0 aromatic heterocycles. The highest BCUT2D eigenvalue weighted by molar-refractivity contribution is 6.08. The van der Waals surface area contributed by atoms with Gasteiger partial charge in [-0.2, -0.15) is 0 Å². The standard InChI is InChI=1S/C16H20O3/c1-15(2)12(11-7-3-4-8-11)19-14(18)16(13(15)17)9-5-6-10-16/h3-4,7-8,11-12H,5-6,9-10H2,1-2H3. The van der Waals surface area contributed by atoms with Gasteiger partial charge < -0.3 is 4.74 Å². The molecule has 3 nitrogen and oxygen atoms in total. The molecule has 102 valence electrons. The lowest BCUT2D eigenvalue weighted by Gasteiger charge is -2.46. The Balaban J connectivity index is 1.96. The van der Waals surface area contributed by atoms with Gasteiger partial charge in [0.05, 0.1) is 5.41 Å². The molecule has 1 unspecified atom stereocenters. The summed E-state index contributed by atoms with van der Waals surface area (Å²) in [5.74, 6) is -0.165. The lowest BCUT2D eigenvalue weighted by molar-refractivity contribution is -0.190. The van der Waals surface area contributed by atoms with E-state index in [1.165, 1.54) is 0 Å². The molecule has 0 aromatic carbocycles. The molecule has 1 heterocycles. The van der Waals surface area contributed by atoms with E-state index in [0.29, 0.717) is 12.8 Å². The van der Waals surface area contributed by atoms with Gasteiger partial charge in [0.15, 0.2) is 5.78 Å². The summed E-state index contributed by atoms with van der Waals surface area (Å²) in [4.78, 5) is 25.3. The Morgan fingerprint density at radius 3 is 2.26 bits per heavy atom. The first-order chi connectivity index (χ1) is 8.98. The number of rotatable bonds is 1. The Labute approximate surface area is 113 Å². The summed E-state index contributed by atoms with van der Waals surface area (Å²) in [6.45, 7) is 3.85. The Hall–Kier alpha value is -1.38. The van der Waals surface area contributed by atoms with E-state index in [1.54, 1.807) is 0 Å². The minimum Gasteiger partial charge on any atom is -0.460 e. The Morgan fingerprint density at radius 2 is 1.68 bits per heavy atom. The molecule has 0 aromatic rings. The van der Waals surface area contributed by atoms with Crippen molar-refractivity contribution in [2.75, 3.05) is 0 Å². The maximum atomic E-state index is 12.9. The van der Waals surface area contributed by atoms with Crippen molar-refractivity contribution in [3.63, 3.8) is 0 Å². The van der Waals surface area contributed by atoms with E-state index in [0.717, 1.165) is 12.8 Å². The molecule has 19 heavy (non-hydrogen) atoms. The summed E-state index contributed by atoms with van der Waals surface area (Å²) in [6.07, 6.45) is 10.7. The molecule has 3 rings (SSSR count). The first-order valence-electron chi connectivity index (χ1n) is 7.09. The van der Waals surface area contributed by atoms with E-state index in [2.05, 4.69) is 0 Å².